The van der Waals surface area contributed by atoms with Gasteiger partial charge in [-0.25, -0.2) is 8.42 Å². The van der Waals surface area contributed by atoms with Crippen LogP contribution in [0.4, 0.5) is 0 Å². The largest absolute Gasteiger partial charge is 0.375 e. The first-order valence-corrected chi connectivity index (χ1v) is 10.1. The van der Waals surface area contributed by atoms with Crippen molar-refractivity contribution in [2.45, 2.75) is 49.1 Å². The van der Waals surface area contributed by atoms with Gasteiger partial charge >= 0.3 is 0 Å². The zero-order chi connectivity index (χ0) is 17.4. The number of sulfonamides is 1. The molecule has 0 amide bonds. The molecule has 1 aromatic carbocycles. The van der Waals surface area contributed by atoms with Crippen molar-refractivity contribution in [2.75, 3.05) is 33.8 Å². The predicted molar refractivity (Wildman–Crippen MR) is 94.6 cm³/mol. The summed E-state index contributed by atoms with van der Waals surface area (Å²) < 4.78 is 33.4. The second kappa shape index (κ2) is 6.75. The molecule has 0 bridgehead atoms. The maximum atomic E-state index is 12.8. The molecule has 24 heavy (non-hydrogen) atoms. The summed E-state index contributed by atoms with van der Waals surface area (Å²) in [4.78, 5) is 2.65. The molecule has 2 saturated heterocycles. The summed E-state index contributed by atoms with van der Waals surface area (Å²) in [6.45, 7) is 3.81. The van der Waals surface area contributed by atoms with E-state index >= 15 is 0 Å². The predicted octanol–water partition coefficient (Wildman–Crippen LogP) is 2.26. The first-order chi connectivity index (χ1) is 11.3. The highest BCUT2D eigenvalue weighted by Crippen LogP contribution is 2.37. The normalized spacial score (nSPS) is 25.2. The fraction of sp³-hybridized carbons (Fsp3) is 0.667. The van der Waals surface area contributed by atoms with E-state index in [-0.39, 0.29) is 5.60 Å². The summed E-state index contributed by atoms with van der Waals surface area (Å²) in [5.41, 5.74) is 0.920. The van der Waals surface area contributed by atoms with E-state index in [4.69, 9.17) is 4.74 Å². The van der Waals surface area contributed by atoms with E-state index in [9.17, 15) is 8.42 Å². The Kier molecular flexibility index (Phi) is 5.02. The molecule has 0 N–H and O–H groups in total. The van der Waals surface area contributed by atoms with Gasteiger partial charge < -0.3 is 9.64 Å². The Bertz CT molecular complexity index is 662. The highest BCUT2D eigenvalue weighted by molar-refractivity contribution is 7.89. The van der Waals surface area contributed by atoms with E-state index in [0.29, 0.717) is 24.0 Å². The summed E-state index contributed by atoms with van der Waals surface area (Å²) in [5.74, 6) is 0. The molecule has 0 radical (unpaired) electrons. The van der Waals surface area contributed by atoms with Gasteiger partial charge in [-0.1, -0.05) is 17.7 Å². The van der Waals surface area contributed by atoms with Gasteiger partial charge in [0, 0.05) is 25.7 Å². The molecule has 6 heteroatoms. The third-order valence-corrected chi connectivity index (χ3v) is 7.40. The molecule has 2 aliphatic heterocycles. The smallest absolute Gasteiger partial charge is 0.243 e. The molecule has 1 spiro atoms. The van der Waals surface area contributed by atoms with Crippen LogP contribution in [0.1, 0.15) is 31.2 Å². The average molecular weight is 353 g/mol. The standard InChI is InChI=1S/C18H28N2O3S/c1-15-4-6-17(7-5-15)24(21,22)20-11-9-18(10-12-20)14-16(19(2)3)8-13-23-18/h4-7,16H,8-14H2,1-3H3. The molecular weight excluding hydrogens is 324 g/mol. The van der Waals surface area contributed by atoms with Crippen molar-refractivity contribution in [2.24, 2.45) is 0 Å². The summed E-state index contributed by atoms with van der Waals surface area (Å²) in [6.07, 6.45) is 3.61. The van der Waals surface area contributed by atoms with Gasteiger partial charge in [0.05, 0.1) is 10.5 Å². The Hall–Kier alpha value is -0.950. The fourth-order valence-corrected chi connectivity index (χ4v) is 5.23. The van der Waals surface area contributed by atoms with Crippen LogP contribution >= 0.6 is 0 Å². The fourth-order valence-electron chi connectivity index (χ4n) is 3.78. The molecule has 0 saturated carbocycles. The molecule has 134 valence electrons. The number of rotatable bonds is 3. The van der Waals surface area contributed by atoms with Gasteiger partial charge in [0.1, 0.15) is 0 Å². The number of hydrogen-bond acceptors (Lipinski definition) is 4. The Morgan fingerprint density at radius 3 is 2.38 bits per heavy atom. The van der Waals surface area contributed by atoms with Crippen LogP contribution in [0.5, 0.6) is 0 Å². The first kappa shape index (κ1) is 17.9. The van der Waals surface area contributed by atoms with Crippen molar-refractivity contribution in [1.82, 2.24) is 9.21 Å². The molecule has 0 aromatic heterocycles. The summed E-state index contributed by atoms with van der Waals surface area (Å²) in [5, 5.41) is 0. The highest BCUT2D eigenvalue weighted by Gasteiger charge is 2.43. The van der Waals surface area contributed by atoms with Crippen LogP contribution in [0.3, 0.4) is 0 Å². The molecule has 1 aromatic rings. The lowest BCUT2D eigenvalue weighted by atomic mass is 9.82. The second-order valence-corrected chi connectivity index (χ2v) is 9.30. The Balaban J connectivity index is 1.69. The first-order valence-electron chi connectivity index (χ1n) is 8.70. The number of hydrogen-bond donors (Lipinski definition) is 0. The summed E-state index contributed by atoms with van der Waals surface area (Å²) in [7, 11) is 0.827. The zero-order valence-electron chi connectivity index (χ0n) is 14.9. The third-order valence-electron chi connectivity index (χ3n) is 5.49. The lowest BCUT2D eigenvalue weighted by molar-refractivity contribution is -0.123. The molecule has 1 unspecified atom stereocenters. The molecule has 2 fully saturated rings. The van der Waals surface area contributed by atoms with Crippen LogP contribution in [0.2, 0.25) is 0 Å². The lowest BCUT2D eigenvalue weighted by Crippen LogP contribution is -2.53. The molecule has 1 atom stereocenters. The van der Waals surface area contributed by atoms with E-state index < -0.39 is 10.0 Å². The molecular formula is C18H28N2O3S. The lowest BCUT2D eigenvalue weighted by Gasteiger charge is -2.47. The van der Waals surface area contributed by atoms with Crippen molar-refractivity contribution < 1.29 is 13.2 Å². The molecule has 0 aliphatic carbocycles. The van der Waals surface area contributed by atoms with Crippen LogP contribution in [-0.2, 0) is 14.8 Å². The number of ether oxygens (including phenoxy) is 1. The van der Waals surface area contributed by atoms with Crippen LogP contribution < -0.4 is 0 Å². The highest BCUT2D eigenvalue weighted by atomic mass is 32.2. The minimum absolute atomic E-state index is 0.146. The van der Waals surface area contributed by atoms with Gasteiger partial charge in [-0.15, -0.1) is 0 Å². The monoisotopic (exact) mass is 352 g/mol. The number of benzene rings is 1. The molecule has 2 aliphatic rings. The van der Waals surface area contributed by atoms with E-state index in [2.05, 4.69) is 19.0 Å². The van der Waals surface area contributed by atoms with Crippen molar-refractivity contribution >= 4 is 10.0 Å². The van der Waals surface area contributed by atoms with Gasteiger partial charge in [0.25, 0.3) is 0 Å². The van der Waals surface area contributed by atoms with E-state index in [1.807, 2.05) is 19.1 Å². The van der Waals surface area contributed by atoms with E-state index in [0.717, 1.165) is 37.9 Å². The molecule has 2 heterocycles. The van der Waals surface area contributed by atoms with Gasteiger partial charge in [0.15, 0.2) is 0 Å². The van der Waals surface area contributed by atoms with Crippen molar-refractivity contribution in [3.8, 4) is 0 Å². The minimum Gasteiger partial charge on any atom is -0.375 e. The number of nitrogens with zero attached hydrogens (tertiary/aromatic N) is 2. The number of aryl methyl sites for hydroxylation is 1. The summed E-state index contributed by atoms with van der Waals surface area (Å²) in [6, 6.07) is 7.63. The van der Waals surface area contributed by atoms with Crippen LogP contribution in [-0.4, -0.2) is 63.1 Å². The topological polar surface area (TPSA) is 49.9 Å². The van der Waals surface area contributed by atoms with Gasteiger partial charge in [-0.2, -0.15) is 4.31 Å². The summed E-state index contributed by atoms with van der Waals surface area (Å²) >= 11 is 0. The van der Waals surface area contributed by atoms with Crippen LogP contribution in [0.25, 0.3) is 0 Å². The zero-order valence-corrected chi connectivity index (χ0v) is 15.7. The quantitative estimate of drug-likeness (QED) is 0.837. The third kappa shape index (κ3) is 3.52. The maximum Gasteiger partial charge on any atom is 0.243 e. The van der Waals surface area contributed by atoms with E-state index in [1.54, 1.807) is 16.4 Å². The molecule has 3 rings (SSSR count). The van der Waals surface area contributed by atoms with Crippen LogP contribution in [0, 0.1) is 6.92 Å². The minimum atomic E-state index is -3.40. The van der Waals surface area contributed by atoms with Gasteiger partial charge in [0.2, 0.25) is 10.0 Å². The Morgan fingerprint density at radius 1 is 1.17 bits per heavy atom. The average Bonchev–Trinajstić information content (AvgIpc) is 2.56. The van der Waals surface area contributed by atoms with Crippen LogP contribution in [0.15, 0.2) is 29.2 Å². The van der Waals surface area contributed by atoms with Gasteiger partial charge in [-0.05, 0) is 58.8 Å². The van der Waals surface area contributed by atoms with Crippen molar-refractivity contribution in [3.05, 3.63) is 29.8 Å². The SMILES string of the molecule is Cc1ccc(S(=O)(=O)N2CCC3(CC2)CC(N(C)C)CCO3)cc1. The Morgan fingerprint density at radius 2 is 1.79 bits per heavy atom. The van der Waals surface area contributed by atoms with Crippen molar-refractivity contribution in [1.29, 1.82) is 0 Å². The molecule has 5 nitrogen and oxygen atoms in total. The maximum absolute atomic E-state index is 12.8. The van der Waals surface area contributed by atoms with Gasteiger partial charge in [-0.3, -0.25) is 0 Å². The van der Waals surface area contributed by atoms with Crippen molar-refractivity contribution in [3.63, 3.8) is 0 Å². The van der Waals surface area contributed by atoms with E-state index in [1.165, 1.54) is 0 Å². The Labute approximate surface area is 145 Å². The number of piperidine rings is 1. The second-order valence-electron chi connectivity index (χ2n) is 7.36.